The Morgan fingerprint density at radius 1 is 1.35 bits per heavy atom. The number of hydrogen-bond acceptors (Lipinski definition) is 3. The number of primary amides is 1. The lowest BCUT2D eigenvalue weighted by atomic mass is 9.96. The van der Waals surface area contributed by atoms with Crippen molar-refractivity contribution in [3.8, 4) is 0 Å². The van der Waals surface area contributed by atoms with Crippen LogP contribution >= 0.6 is 0 Å². The highest BCUT2D eigenvalue weighted by atomic mass is 16.2. The molecule has 1 aliphatic heterocycles. The Hall–Kier alpha value is -2.37. The highest BCUT2D eigenvalue weighted by Gasteiger charge is 2.27. The van der Waals surface area contributed by atoms with E-state index >= 15 is 0 Å². The van der Waals surface area contributed by atoms with E-state index in [1.165, 1.54) is 0 Å². The monoisotopic (exact) mass is 272 g/mol. The van der Waals surface area contributed by atoms with E-state index in [2.05, 4.69) is 9.97 Å². The van der Waals surface area contributed by atoms with Gasteiger partial charge in [-0.15, -0.1) is 0 Å². The summed E-state index contributed by atoms with van der Waals surface area (Å²) in [4.78, 5) is 32.6. The van der Waals surface area contributed by atoms with Gasteiger partial charge in [0.1, 0.15) is 5.65 Å². The maximum atomic E-state index is 12.5. The van der Waals surface area contributed by atoms with E-state index < -0.39 is 0 Å². The minimum absolute atomic E-state index is 0.0211. The minimum atomic E-state index is -0.270. The van der Waals surface area contributed by atoms with Crippen molar-refractivity contribution in [3.05, 3.63) is 30.1 Å². The van der Waals surface area contributed by atoms with E-state index in [4.69, 9.17) is 5.73 Å². The van der Waals surface area contributed by atoms with E-state index in [1.54, 1.807) is 17.3 Å². The number of amides is 2. The normalized spacial score (nSPS) is 16.5. The molecule has 3 rings (SSSR count). The van der Waals surface area contributed by atoms with Crippen LogP contribution in [0.15, 0.2) is 24.5 Å². The molecule has 6 nitrogen and oxygen atoms in total. The SMILES string of the molecule is NC(=O)C1CCN(C(=O)c2c[nH]c3ncccc23)CC1. The number of piperidine rings is 1. The summed E-state index contributed by atoms with van der Waals surface area (Å²) in [5.41, 5.74) is 6.64. The molecule has 3 N–H and O–H groups in total. The Morgan fingerprint density at radius 3 is 2.80 bits per heavy atom. The standard InChI is InChI=1S/C14H16N4O2/c15-12(19)9-3-6-18(7-4-9)14(20)11-8-17-13-10(11)2-1-5-16-13/h1-2,5,8-9H,3-4,6-7H2,(H2,15,19)(H,16,17). The number of rotatable bonds is 2. The molecule has 1 saturated heterocycles. The molecule has 2 amide bonds. The average molecular weight is 272 g/mol. The number of carbonyl (C=O) groups is 2. The molecule has 2 aromatic heterocycles. The van der Waals surface area contributed by atoms with Gasteiger partial charge in [-0.3, -0.25) is 9.59 Å². The van der Waals surface area contributed by atoms with Crippen LogP contribution in [0.3, 0.4) is 0 Å². The number of aromatic nitrogens is 2. The second-order valence-corrected chi connectivity index (χ2v) is 5.07. The lowest BCUT2D eigenvalue weighted by molar-refractivity contribution is -0.123. The lowest BCUT2D eigenvalue weighted by Crippen LogP contribution is -2.41. The summed E-state index contributed by atoms with van der Waals surface area (Å²) in [5.74, 6) is -0.399. The number of fused-ring (bicyclic) bond motifs is 1. The quantitative estimate of drug-likeness (QED) is 0.850. The van der Waals surface area contributed by atoms with Crippen LogP contribution in [0.5, 0.6) is 0 Å². The second-order valence-electron chi connectivity index (χ2n) is 5.07. The molecule has 1 aliphatic rings. The molecule has 0 aromatic carbocycles. The van der Waals surface area contributed by atoms with Crippen molar-refractivity contribution in [2.45, 2.75) is 12.8 Å². The van der Waals surface area contributed by atoms with Crippen molar-refractivity contribution < 1.29 is 9.59 Å². The Kier molecular flexibility index (Phi) is 3.14. The van der Waals surface area contributed by atoms with Gasteiger partial charge in [0, 0.05) is 36.8 Å². The van der Waals surface area contributed by atoms with Crippen LogP contribution in [0.25, 0.3) is 11.0 Å². The van der Waals surface area contributed by atoms with Crippen LogP contribution in [-0.2, 0) is 4.79 Å². The number of aromatic amines is 1. The van der Waals surface area contributed by atoms with Crippen LogP contribution in [0, 0.1) is 5.92 Å². The summed E-state index contributed by atoms with van der Waals surface area (Å²) in [5, 5.41) is 0.828. The zero-order valence-corrected chi connectivity index (χ0v) is 11.0. The molecule has 0 aliphatic carbocycles. The molecule has 1 fully saturated rings. The van der Waals surface area contributed by atoms with E-state index in [0.29, 0.717) is 37.1 Å². The molecule has 6 heteroatoms. The van der Waals surface area contributed by atoms with Gasteiger partial charge in [0.05, 0.1) is 5.56 Å². The van der Waals surface area contributed by atoms with Crippen molar-refractivity contribution in [1.29, 1.82) is 0 Å². The maximum Gasteiger partial charge on any atom is 0.256 e. The Bertz CT molecular complexity index is 656. The number of nitrogens with one attached hydrogen (secondary N) is 1. The Labute approximate surface area is 116 Å². The second kappa shape index (κ2) is 4.96. The third-order valence-electron chi connectivity index (χ3n) is 3.87. The molecule has 0 unspecified atom stereocenters. The predicted octanol–water partition coefficient (Wildman–Crippen LogP) is 0.900. The molecule has 0 bridgehead atoms. The minimum Gasteiger partial charge on any atom is -0.369 e. The fourth-order valence-electron chi connectivity index (χ4n) is 2.67. The van der Waals surface area contributed by atoms with Crippen molar-refractivity contribution >= 4 is 22.8 Å². The number of pyridine rings is 1. The average Bonchev–Trinajstić information content (AvgIpc) is 2.90. The topological polar surface area (TPSA) is 92.1 Å². The van der Waals surface area contributed by atoms with Crippen molar-refractivity contribution in [2.24, 2.45) is 11.7 Å². The molecular weight excluding hydrogens is 256 g/mol. The smallest absolute Gasteiger partial charge is 0.256 e. The van der Waals surface area contributed by atoms with Gasteiger partial charge >= 0.3 is 0 Å². The first-order valence-electron chi connectivity index (χ1n) is 6.67. The molecule has 20 heavy (non-hydrogen) atoms. The van der Waals surface area contributed by atoms with Gasteiger partial charge < -0.3 is 15.6 Å². The van der Waals surface area contributed by atoms with Crippen LogP contribution in [0.2, 0.25) is 0 Å². The van der Waals surface area contributed by atoms with Crippen LogP contribution in [-0.4, -0.2) is 39.8 Å². The third-order valence-corrected chi connectivity index (χ3v) is 3.87. The van der Waals surface area contributed by atoms with E-state index in [1.807, 2.05) is 12.1 Å². The van der Waals surface area contributed by atoms with Gasteiger partial charge in [0.25, 0.3) is 5.91 Å². The van der Waals surface area contributed by atoms with Crippen LogP contribution in [0.1, 0.15) is 23.2 Å². The van der Waals surface area contributed by atoms with E-state index in [-0.39, 0.29) is 17.7 Å². The van der Waals surface area contributed by atoms with Gasteiger partial charge in [0.15, 0.2) is 0 Å². The maximum absolute atomic E-state index is 12.5. The molecule has 0 radical (unpaired) electrons. The molecular formula is C14H16N4O2. The molecule has 2 aromatic rings. The summed E-state index contributed by atoms with van der Waals surface area (Å²) in [6, 6.07) is 3.69. The van der Waals surface area contributed by atoms with Crippen molar-refractivity contribution in [1.82, 2.24) is 14.9 Å². The first kappa shape index (κ1) is 12.7. The first-order valence-corrected chi connectivity index (χ1v) is 6.67. The molecule has 3 heterocycles. The summed E-state index contributed by atoms with van der Waals surface area (Å²) in [6.45, 7) is 1.14. The largest absolute Gasteiger partial charge is 0.369 e. The first-order chi connectivity index (χ1) is 9.66. The molecule has 0 atom stereocenters. The van der Waals surface area contributed by atoms with Crippen LogP contribution < -0.4 is 5.73 Å². The van der Waals surface area contributed by atoms with Gasteiger partial charge in [-0.1, -0.05) is 0 Å². The number of hydrogen-bond donors (Lipinski definition) is 2. The predicted molar refractivity (Wildman–Crippen MR) is 73.9 cm³/mol. The number of nitrogens with two attached hydrogens (primary N) is 1. The van der Waals surface area contributed by atoms with Gasteiger partial charge in [-0.05, 0) is 25.0 Å². The zero-order chi connectivity index (χ0) is 14.1. The highest BCUT2D eigenvalue weighted by molar-refractivity contribution is 6.05. The van der Waals surface area contributed by atoms with Gasteiger partial charge in [-0.2, -0.15) is 0 Å². The number of likely N-dealkylation sites (tertiary alicyclic amines) is 1. The Morgan fingerprint density at radius 2 is 2.10 bits per heavy atom. The third kappa shape index (κ3) is 2.13. The fourth-order valence-corrected chi connectivity index (χ4v) is 2.67. The van der Waals surface area contributed by atoms with Crippen LogP contribution in [0.4, 0.5) is 0 Å². The van der Waals surface area contributed by atoms with Crippen molar-refractivity contribution in [3.63, 3.8) is 0 Å². The van der Waals surface area contributed by atoms with E-state index in [9.17, 15) is 9.59 Å². The fraction of sp³-hybridized carbons (Fsp3) is 0.357. The molecule has 0 saturated carbocycles. The summed E-state index contributed by atoms with van der Waals surface area (Å²) >= 11 is 0. The summed E-state index contributed by atoms with van der Waals surface area (Å²) in [7, 11) is 0. The lowest BCUT2D eigenvalue weighted by Gasteiger charge is -2.30. The van der Waals surface area contributed by atoms with Crippen molar-refractivity contribution in [2.75, 3.05) is 13.1 Å². The number of nitrogens with zero attached hydrogens (tertiary/aromatic N) is 2. The summed E-state index contributed by atoms with van der Waals surface area (Å²) < 4.78 is 0. The summed E-state index contributed by atoms with van der Waals surface area (Å²) in [6.07, 6.45) is 4.66. The highest BCUT2D eigenvalue weighted by Crippen LogP contribution is 2.22. The molecule has 104 valence electrons. The zero-order valence-electron chi connectivity index (χ0n) is 11.0. The number of H-pyrrole nitrogens is 1. The Balaban J connectivity index is 1.78. The number of carbonyl (C=O) groups excluding carboxylic acids is 2. The van der Waals surface area contributed by atoms with Gasteiger partial charge in [-0.25, -0.2) is 4.98 Å². The van der Waals surface area contributed by atoms with E-state index in [0.717, 1.165) is 5.39 Å². The van der Waals surface area contributed by atoms with Gasteiger partial charge in [0.2, 0.25) is 5.91 Å². The molecule has 0 spiro atoms.